The summed E-state index contributed by atoms with van der Waals surface area (Å²) in [6, 6.07) is 5.89. The van der Waals surface area contributed by atoms with Gasteiger partial charge in [0.15, 0.2) is 11.5 Å². The van der Waals surface area contributed by atoms with Crippen molar-refractivity contribution in [3.05, 3.63) is 43.0 Å². The number of carbonyl (C=O) groups excluding carboxylic acids is 1. The maximum Gasteiger partial charge on any atom is 0.229 e. The van der Waals surface area contributed by atoms with E-state index in [2.05, 4.69) is 46.4 Å². The highest BCUT2D eigenvalue weighted by Gasteiger charge is 2.22. The Hall–Kier alpha value is -4.34. The number of pyridine rings is 3. The Kier molecular flexibility index (Phi) is 5.58. The Morgan fingerprint density at radius 2 is 1.89 bits per heavy atom. The number of carbonyl (C=O) groups is 1. The number of anilines is 2. The number of hydrogen-bond acceptors (Lipinski definition) is 7. The molecular weight excluding hydrogens is 466 g/mol. The summed E-state index contributed by atoms with van der Waals surface area (Å²) < 4.78 is 0. The first-order chi connectivity index (χ1) is 17.9. The summed E-state index contributed by atoms with van der Waals surface area (Å²) in [5.74, 6) is 0.578. The molecule has 10 nitrogen and oxygen atoms in total. The van der Waals surface area contributed by atoms with Gasteiger partial charge in [0.2, 0.25) is 5.91 Å². The van der Waals surface area contributed by atoms with E-state index in [-0.39, 0.29) is 5.91 Å². The van der Waals surface area contributed by atoms with Gasteiger partial charge in [-0.3, -0.25) is 19.9 Å². The van der Waals surface area contributed by atoms with Crippen molar-refractivity contribution < 1.29 is 4.79 Å². The van der Waals surface area contributed by atoms with E-state index in [0.29, 0.717) is 22.9 Å². The molecule has 0 aliphatic carbocycles. The predicted molar refractivity (Wildman–Crippen MR) is 144 cm³/mol. The number of fused-ring (bicyclic) bond motifs is 2. The molecule has 6 heterocycles. The monoisotopic (exact) mass is 495 g/mol. The number of imidazole rings is 1. The molecule has 0 atom stereocenters. The normalized spacial score (nSPS) is 14.4. The van der Waals surface area contributed by atoms with E-state index in [1.54, 1.807) is 18.6 Å². The fourth-order valence-corrected chi connectivity index (χ4v) is 4.63. The molecule has 1 aliphatic heterocycles. The number of hydrogen-bond donors (Lipinski definition) is 3. The molecule has 5 aromatic rings. The SMILES string of the molecule is CC(C)(C)C(=O)Nc1cncc(-c2cc3c(-c4nc5nccc(N6CCCCC6)c5[nH]4)n[nH]c3cn2)c1. The Labute approximate surface area is 214 Å². The van der Waals surface area contributed by atoms with E-state index in [1.165, 1.54) is 19.3 Å². The maximum absolute atomic E-state index is 12.4. The summed E-state index contributed by atoms with van der Waals surface area (Å²) in [5.41, 5.74) is 5.86. The molecule has 0 saturated carbocycles. The Balaban J connectivity index is 1.37. The van der Waals surface area contributed by atoms with Crippen LogP contribution in [0.4, 0.5) is 11.4 Å². The highest BCUT2D eigenvalue weighted by atomic mass is 16.2. The fourth-order valence-electron chi connectivity index (χ4n) is 4.63. The third kappa shape index (κ3) is 4.39. The van der Waals surface area contributed by atoms with Gasteiger partial charge in [-0.05, 0) is 37.5 Å². The summed E-state index contributed by atoms with van der Waals surface area (Å²) in [7, 11) is 0. The highest BCUT2D eigenvalue weighted by molar-refractivity contribution is 5.97. The second-order valence-electron chi connectivity index (χ2n) is 10.5. The molecule has 0 spiro atoms. The third-order valence-electron chi connectivity index (χ3n) is 6.71. The number of amides is 1. The molecule has 1 fully saturated rings. The molecule has 10 heteroatoms. The Morgan fingerprint density at radius 3 is 2.70 bits per heavy atom. The lowest BCUT2D eigenvalue weighted by molar-refractivity contribution is -0.123. The molecule has 3 N–H and O–H groups in total. The zero-order valence-corrected chi connectivity index (χ0v) is 21.2. The van der Waals surface area contributed by atoms with Crippen molar-refractivity contribution >= 4 is 39.3 Å². The number of nitrogens with zero attached hydrogens (tertiary/aromatic N) is 6. The van der Waals surface area contributed by atoms with Gasteiger partial charge in [-0.15, -0.1) is 0 Å². The van der Waals surface area contributed by atoms with Gasteiger partial charge in [0, 0.05) is 41.8 Å². The zero-order valence-electron chi connectivity index (χ0n) is 21.2. The summed E-state index contributed by atoms with van der Waals surface area (Å²) >= 11 is 0. The first-order valence-electron chi connectivity index (χ1n) is 12.6. The van der Waals surface area contributed by atoms with Gasteiger partial charge in [-0.2, -0.15) is 5.10 Å². The van der Waals surface area contributed by atoms with Crippen molar-refractivity contribution in [2.24, 2.45) is 5.41 Å². The first-order valence-corrected chi connectivity index (χ1v) is 12.6. The van der Waals surface area contributed by atoms with Crippen LogP contribution in [0.3, 0.4) is 0 Å². The van der Waals surface area contributed by atoms with Crippen molar-refractivity contribution in [3.8, 4) is 22.8 Å². The lowest BCUT2D eigenvalue weighted by atomic mass is 9.95. The van der Waals surface area contributed by atoms with Crippen LogP contribution in [0.15, 0.2) is 43.0 Å². The van der Waals surface area contributed by atoms with Crippen LogP contribution in [0, 0.1) is 5.41 Å². The van der Waals surface area contributed by atoms with Crippen LogP contribution in [0.2, 0.25) is 0 Å². The third-order valence-corrected chi connectivity index (χ3v) is 6.71. The molecule has 0 aromatic carbocycles. The maximum atomic E-state index is 12.4. The number of H-pyrrole nitrogens is 2. The van der Waals surface area contributed by atoms with Crippen molar-refractivity contribution in [1.29, 1.82) is 0 Å². The topological polar surface area (TPSA) is 128 Å². The van der Waals surface area contributed by atoms with Crippen LogP contribution in [0.1, 0.15) is 40.0 Å². The number of rotatable bonds is 4. The number of aromatic amines is 2. The molecule has 0 radical (unpaired) electrons. The Bertz CT molecular complexity index is 1610. The number of aromatic nitrogens is 7. The van der Waals surface area contributed by atoms with E-state index < -0.39 is 5.41 Å². The molecule has 1 saturated heterocycles. The number of nitrogens with one attached hydrogen (secondary N) is 3. The quantitative estimate of drug-likeness (QED) is 0.322. The Morgan fingerprint density at radius 1 is 1.05 bits per heavy atom. The fraction of sp³-hybridized carbons (Fsp3) is 0.333. The van der Waals surface area contributed by atoms with E-state index >= 15 is 0 Å². The van der Waals surface area contributed by atoms with E-state index in [9.17, 15) is 4.79 Å². The van der Waals surface area contributed by atoms with Crippen molar-refractivity contribution in [3.63, 3.8) is 0 Å². The summed E-state index contributed by atoms with van der Waals surface area (Å²) in [4.78, 5) is 36.5. The lowest BCUT2D eigenvalue weighted by Crippen LogP contribution is -2.29. The summed E-state index contributed by atoms with van der Waals surface area (Å²) in [6.07, 6.45) is 10.6. The molecule has 6 rings (SSSR count). The van der Waals surface area contributed by atoms with Crippen LogP contribution in [0.5, 0.6) is 0 Å². The van der Waals surface area contributed by atoms with Crippen LogP contribution in [-0.2, 0) is 4.79 Å². The van der Waals surface area contributed by atoms with Crippen molar-refractivity contribution in [2.75, 3.05) is 23.3 Å². The van der Waals surface area contributed by atoms with Gasteiger partial charge in [0.1, 0.15) is 11.2 Å². The van der Waals surface area contributed by atoms with Gasteiger partial charge in [0.25, 0.3) is 0 Å². The van der Waals surface area contributed by atoms with Gasteiger partial charge in [-0.1, -0.05) is 20.8 Å². The summed E-state index contributed by atoms with van der Waals surface area (Å²) in [6.45, 7) is 7.70. The average Bonchev–Trinajstić information content (AvgIpc) is 3.52. The van der Waals surface area contributed by atoms with Gasteiger partial charge in [-0.25, -0.2) is 9.97 Å². The minimum absolute atomic E-state index is 0.0746. The van der Waals surface area contributed by atoms with Crippen LogP contribution >= 0.6 is 0 Å². The molecular formula is C27H29N9O. The second kappa shape index (κ2) is 8.95. The zero-order chi connectivity index (χ0) is 25.6. The molecule has 1 aliphatic rings. The standard InChI is InChI=1S/C27H29N9O/c1-27(2,3)26(37)31-17-11-16(13-28-14-17)19-12-18-20(15-30-19)34-35-22(18)25-32-23-21(7-8-29-24(23)33-25)36-9-5-4-6-10-36/h7-8,11-15H,4-6,9-10H2,1-3H3,(H,31,37)(H,34,35)(H,29,32,33). The van der Waals surface area contributed by atoms with Gasteiger partial charge < -0.3 is 15.2 Å². The minimum Gasteiger partial charge on any atom is -0.370 e. The van der Waals surface area contributed by atoms with Gasteiger partial charge in [0.05, 0.1) is 35.0 Å². The van der Waals surface area contributed by atoms with E-state index in [0.717, 1.165) is 46.5 Å². The van der Waals surface area contributed by atoms with E-state index in [4.69, 9.17) is 4.98 Å². The minimum atomic E-state index is -0.506. The molecule has 1 amide bonds. The first kappa shape index (κ1) is 23.1. The van der Waals surface area contributed by atoms with Crippen LogP contribution < -0.4 is 10.2 Å². The summed E-state index contributed by atoms with van der Waals surface area (Å²) in [5, 5.41) is 11.4. The largest absolute Gasteiger partial charge is 0.370 e. The molecule has 0 bridgehead atoms. The van der Waals surface area contributed by atoms with Crippen LogP contribution in [0.25, 0.3) is 44.8 Å². The van der Waals surface area contributed by atoms with Crippen molar-refractivity contribution in [2.45, 2.75) is 40.0 Å². The average molecular weight is 496 g/mol. The molecule has 0 unspecified atom stereocenters. The highest BCUT2D eigenvalue weighted by Crippen LogP contribution is 2.32. The molecule has 5 aromatic heterocycles. The van der Waals surface area contributed by atoms with Gasteiger partial charge >= 0.3 is 0 Å². The predicted octanol–water partition coefficient (Wildman–Crippen LogP) is 4.93. The molecule has 188 valence electrons. The smallest absolute Gasteiger partial charge is 0.229 e. The van der Waals surface area contributed by atoms with Crippen LogP contribution in [-0.4, -0.2) is 54.1 Å². The van der Waals surface area contributed by atoms with Crippen molar-refractivity contribution in [1.82, 2.24) is 35.1 Å². The lowest BCUT2D eigenvalue weighted by Gasteiger charge is -2.28. The van der Waals surface area contributed by atoms with E-state index in [1.807, 2.05) is 39.1 Å². The second-order valence-corrected chi connectivity index (χ2v) is 10.5. The number of piperidine rings is 1. The molecule has 37 heavy (non-hydrogen) atoms.